The van der Waals surface area contributed by atoms with E-state index in [4.69, 9.17) is 0 Å². The number of benzene rings is 1. The van der Waals surface area contributed by atoms with Gasteiger partial charge in [-0.1, -0.05) is 24.3 Å². The molecule has 3 nitrogen and oxygen atoms in total. The van der Waals surface area contributed by atoms with Crippen LogP contribution >= 0.6 is 11.3 Å². The van der Waals surface area contributed by atoms with E-state index in [-0.39, 0.29) is 12.0 Å². The second kappa shape index (κ2) is 7.40. The Morgan fingerprint density at radius 1 is 1.22 bits per heavy atom. The predicted molar refractivity (Wildman–Crippen MR) is 113 cm³/mol. The van der Waals surface area contributed by atoms with Crippen LogP contribution in [0.1, 0.15) is 43.6 Å². The average Bonchev–Trinajstić information content (AvgIpc) is 3.13. The first-order chi connectivity index (χ1) is 13.0. The monoisotopic (exact) mass is 382 g/mol. The maximum absolute atomic E-state index is 13.3. The van der Waals surface area contributed by atoms with Gasteiger partial charge in [0.05, 0.1) is 6.54 Å². The Morgan fingerprint density at radius 2 is 1.96 bits per heavy atom. The third kappa shape index (κ3) is 3.70. The number of nitrogens with one attached hydrogen (secondary N) is 1. The van der Waals surface area contributed by atoms with Crippen molar-refractivity contribution < 1.29 is 4.79 Å². The van der Waals surface area contributed by atoms with Crippen LogP contribution in [0, 0.1) is 18.3 Å². The Labute approximate surface area is 166 Å². The molecule has 4 heteroatoms. The highest BCUT2D eigenvalue weighted by atomic mass is 32.1. The zero-order chi connectivity index (χ0) is 19.0. The third-order valence-electron chi connectivity index (χ3n) is 6.39. The minimum atomic E-state index is 0.237. The van der Waals surface area contributed by atoms with Crippen molar-refractivity contribution >= 4 is 17.2 Å². The van der Waals surface area contributed by atoms with E-state index in [2.05, 4.69) is 67.4 Å². The van der Waals surface area contributed by atoms with Crippen molar-refractivity contribution in [2.24, 2.45) is 11.3 Å². The number of thiophene rings is 1. The molecule has 1 aliphatic heterocycles. The molecule has 1 N–H and O–H groups in total. The number of rotatable bonds is 5. The molecule has 1 atom stereocenters. The van der Waals surface area contributed by atoms with Crippen LogP contribution in [0.3, 0.4) is 0 Å². The summed E-state index contributed by atoms with van der Waals surface area (Å²) in [5, 5.41) is 3.43. The summed E-state index contributed by atoms with van der Waals surface area (Å²) in [4.78, 5) is 17.9. The van der Waals surface area contributed by atoms with Crippen molar-refractivity contribution in [2.75, 3.05) is 13.1 Å². The first-order valence-electron chi connectivity index (χ1n) is 10.2. The van der Waals surface area contributed by atoms with Gasteiger partial charge in [-0.2, -0.15) is 0 Å². The van der Waals surface area contributed by atoms with E-state index in [9.17, 15) is 4.79 Å². The van der Waals surface area contributed by atoms with Gasteiger partial charge in [0, 0.05) is 21.7 Å². The predicted octanol–water partition coefficient (Wildman–Crippen LogP) is 4.85. The van der Waals surface area contributed by atoms with Gasteiger partial charge in [-0.25, -0.2) is 0 Å². The van der Waals surface area contributed by atoms with Crippen molar-refractivity contribution in [1.82, 2.24) is 10.2 Å². The van der Waals surface area contributed by atoms with Gasteiger partial charge in [0.1, 0.15) is 0 Å². The number of nitrogens with zero attached hydrogens (tertiary/aromatic N) is 1. The zero-order valence-electron chi connectivity index (χ0n) is 16.6. The molecule has 2 heterocycles. The molecule has 2 aromatic rings. The first-order valence-corrected chi connectivity index (χ1v) is 11.0. The van der Waals surface area contributed by atoms with Crippen LogP contribution < -0.4 is 5.32 Å². The summed E-state index contributed by atoms with van der Waals surface area (Å²) in [5.41, 5.74) is 2.90. The van der Waals surface area contributed by atoms with Gasteiger partial charge in [0.25, 0.3) is 0 Å². The molecule has 1 amide bonds. The van der Waals surface area contributed by atoms with Crippen molar-refractivity contribution in [2.45, 2.75) is 52.6 Å². The molecule has 2 aliphatic rings. The molecular weight excluding hydrogens is 352 g/mol. The Kier molecular flexibility index (Phi) is 5.13. The largest absolute Gasteiger partial charge is 0.335 e. The van der Waals surface area contributed by atoms with E-state index in [0.29, 0.717) is 11.3 Å². The SMILES string of the molecule is Cc1ccccc1-c1ccc(CN(C(=O)C2CC23CCNCC3)C(C)C)s1. The molecule has 1 saturated carbocycles. The van der Waals surface area contributed by atoms with Crippen molar-refractivity contribution in [3.05, 3.63) is 46.8 Å². The van der Waals surface area contributed by atoms with E-state index in [0.717, 1.165) is 38.9 Å². The van der Waals surface area contributed by atoms with Crippen LogP contribution in [0.5, 0.6) is 0 Å². The average molecular weight is 383 g/mol. The van der Waals surface area contributed by atoms with Crippen LogP contribution in [0.2, 0.25) is 0 Å². The third-order valence-corrected chi connectivity index (χ3v) is 7.50. The number of amides is 1. The Hall–Kier alpha value is -1.65. The summed E-state index contributed by atoms with van der Waals surface area (Å²) >= 11 is 1.82. The fraction of sp³-hybridized carbons (Fsp3) is 0.522. The molecule has 1 aliphatic carbocycles. The summed E-state index contributed by atoms with van der Waals surface area (Å²) in [5.74, 6) is 0.621. The standard InChI is InChI=1S/C23H30N2OS/c1-16(2)25(22(26)20-14-23(20)10-12-24-13-11-23)15-18-8-9-21(27-18)19-7-5-4-6-17(19)3/h4-9,16,20,24H,10-15H2,1-3H3. The smallest absolute Gasteiger partial charge is 0.226 e. The summed E-state index contributed by atoms with van der Waals surface area (Å²) < 4.78 is 0. The van der Waals surface area contributed by atoms with Crippen molar-refractivity contribution in [1.29, 1.82) is 0 Å². The molecule has 4 rings (SSSR count). The summed E-state index contributed by atoms with van der Waals surface area (Å²) in [7, 11) is 0. The maximum atomic E-state index is 13.3. The van der Waals surface area contributed by atoms with Crippen LogP contribution in [0.15, 0.2) is 36.4 Å². The summed E-state index contributed by atoms with van der Waals surface area (Å²) in [6.07, 6.45) is 3.41. The molecule has 0 radical (unpaired) electrons. The second-order valence-corrected chi connectivity index (χ2v) is 9.68. The lowest BCUT2D eigenvalue weighted by Gasteiger charge is -2.29. The molecule has 1 spiro atoms. The fourth-order valence-corrected chi connectivity index (χ4v) is 5.61. The van der Waals surface area contributed by atoms with Gasteiger partial charge in [-0.3, -0.25) is 4.79 Å². The number of carbonyl (C=O) groups is 1. The van der Waals surface area contributed by atoms with Gasteiger partial charge in [-0.05, 0) is 81.8 Å². The molecule has 27 heavy (non-hydrogen) atoms. The highest BCUT2D eigenvalue weighted by molar-refractivity contribution is 7.15. The molecule has 1 saturated heterocycles. The normalized spacial score (nSPS) is 20.8. The van der Waals surface area contributed by atoms with Crippen molar-refractivity contribution in [3.8, 4) is 10.4 Å². The highest BCUT2D eigenvalue weighted by Gasteiger charge is 2.58. The molecule has 2 fully saturated rings. The first kappa shape index (κ1) is 18.7. The summed E-state index contributed by atoms with van der Waals surface area (Å²) in [6.45, 7) is 9.31. The van der Waals surface area contributed by atoms with E-state index < -0.39 is 0 Å². The van der Waals surface area contributed by atoms with Crippen LogP contribution in [0.4, 0.5) is 0 Å². The summed E-state index contributed by atoms with van der Waals surface area (Å²) in [6, 6.07) is 13.2. The van der Waals surface area contributed by atoms with Crippen molar-refractivity contribution in [3.63, 3.8) is 0 Å². The number of hydrogen-bond acceptors (Lipinski definition) is 3. The minimum Gasteiger partial charge on any atom is -0.335 e. The van der Waals surface area contributed by atoms with E-state index in [1.54, 1.807) is 0 Å². The fourth-order valence-electron chi connectivity index (χ4n) is 4.51. The van der Waals surface area contributed by atoms with E-state index in [1.165, 1.54) is 20.9 Å². The molecule has 1 unspecified atom stereocenters. The van der Waals surface area contributed by atoms with Crippen LogP contribution in [0.25, 0.3) is 10.4 Å². The number of aryl methyl sites for hydroxylation is 1. The van der Waals surface area contributed by atoms with Crippen LogP contribution in [-0.4, -0.2) is 29.9 Å². The molecule has 1 aromatic carbocycles. The lowest BCUT2D eigenvalue weighted by molar-refractivity contribution is -0.136. The molecule has 1 aromatic heterocycles. The second-order valence-electron chi connectivity index (χ2n) is 8.51. The highest BCUT2D eigenvalue weighted by Crippen LogP contribution is 2.59. The zero-order valence-corrected chi connectivity index (χ0v) is 17.4. The van der Waals surface area contributed by atoms with E-state index >= 15 is 0 Å². The minimum absolute atomic E-state index is 0.237. The van der Waals surface area contributed by atoms with Gasteiger partial charge in [0.15, 0.2) is 0 Å². The van der Waals surface area contributed by atoms with Gasteiger partial charge >= 0.3 is 0 Å². The maximum Gasteiger partial charge on any atom is 0.226 e. The lowest BCUT2D eigenvalue weighted by atomic mass is 9.91. The number of carbonyl (C=O) groups excluding carboxylic acids is 1. The topological polar surface area (TPSA) is 32.3 Å². The Balaban J connectivity index is 1.48. The van der Waals surface area contributed by atoms with Crippen LogP contribution in [-0.2, 0) is 11.3 Å². The van der Waals surface area contributed by atoms with Gasteiger partial charge in [-0.15, -0.1) is 11.3 Å². The quantitative estimate of drug-likeness (QED) is 0.802. The molecule has 144 valence electrons. The van der Waals surface area contributed by atoms with E-state index in [1.807, 2.05) is 11.3 Å². The molecular formula is C23H30N2OS. The van der Waals surface area contributed by atoms with Gasteiger partial charge < -0.3 is 10.2 Å². The molecule has 0 bridgehead atoms. The Morgan fingerprint density at radius 3 is 2.67 bits per heavy atom. The number of piperidine rings is 1. The van der Waals surface area contributed by atoms with Gasteiger partial charge in [0.2, 0.25) is 5.91 Å². The lowest BCUT2D eigenvalue weighted by Crippen LogP contribution is -2.39. The Bertz CT molecular complexity index is 819. The number of hydrogen-bond donors (Lipinski definition) is 1.